The number of nitrogens with two attached hydrogens (primary N) is 1. The summed E-state index contributed by atoms with van der Waals surface area (Å²) in [6.07, 6.45) is 1.94. The SMILES string of the molecule is CS(=O)c1ccccc1-c1ccc(C[C@H](N)C(=O)O)cc1. The molecule has 0 saturated carbocycles. The summed E-state index contributed by atoms with van der Waals surface area (Å²) < 4.78 is 11.8. The van der Waals surface area contributed by atoms with E-state index in [4.69, 9.17) is 10.8 Å². The molecule has 0 heterocycles. The number of rotatable bonds is 5. The summed E-state index contributed by atoms with van der Waals surface area (Å²) >= 11 is 0. The highest BCUT2D eigenvalue weighted by Gasteiger charge is 2.12. The Labute approximate surface area is 126 Å². The van der Waals surface area contributed by atoms with E-state index in [0.717, 1.165) is 21.6 Å². The van der Waals surface area contributed by atoms with Crippen LogP contribution in [0.5, 0.6) is 0 Å². The summed E-state index contributed by atoms with van der Waals surface area (Å²) in [7, 11) is -1.06. The highest BCUT2D eigenvalue weighted by molar-refractivity contribution is 7.84. The number of carboxylic acid groups (broad SMARTS) is 1. The van der Waals surface area contributed by atoms with Crippen molar-refractivity contribution in [3.05, 3.63) is 54.1 Å². The molecule has 4 nitrogen and oxygen atoms in total. The van der Waals surface area contributed by atoms with Crippen LogP contribution in [0.4, 0.5) is 0 Å². The van der Waals surface area contributed by atoms with Gasteiger partial charge in [0.2, 0.25) is 0 Å². The molecular formula is C16H17NO3S. The van der Waals surface area contributed by atoms with E-state index in [9.17, 15) is 9.00 Å². The number of carbonyl (C=O) groups is 1. The summed E-state index contributed by atoms with van der Waals surface area (Å²) in [5.41, 5.74) is 8.26. The van der Waals surface area contributed by atoms with Crippen molar-refractivity contribution in [3.63, 3.8) is 0 Å². The molecular weight excluding hydrogens is 286 g/mol. The number of carboxylic acids is 1. The molecule has 110 valence electrons. The molecule has 0 aliphatic carbocycles. The van der Waals surface area contributed by atoms with E-state index in [1.165, 1.54) is 0 Å². The maximum Gasteiger partial charge on any atom is 0.320 e. The monoisotopic (exact) mass is 303 g/mol. The third kappa shape index (κ3) is 3.77. The molecule has 21 heavy (non-hydrogen) atoms. The lowest BCUT2D eigenvalue weighted by Gasteiger charge is -2.10. The second-order valence-electron chi connectivity index (χ2n) is 4.80. The van der Waals surface area contributed by atoms with Crippen LogP contribution in [0.2, 0.25) is 0 Å². The minimum absolute atomic E-state index is 0.289. The number of aliphatic carboxylic acids is 1. The second-order valence-corrected chi connectivity index (χ2v) is 6.14. The van der Waals surface area contributed by atoms with Gasteiger partial charge in [-0.05, 0) is 29.2 Å². The first-order chi connectivity index (χ1) is 9.99. The minimum Gasteiger partial charge on any atom is -0.480 e. The zero-order valence-corrected chi connectivity index (χ0v) is 12.5. The van der Waals surface area contributed by atoms with Crippen LogP contribution >= 0.6 is 0 Å². The molecule has 0 bridgehead atoms. The van der Waals surface area contributed by atoms with E-state index >= 15 is 0 Å². The van der Waals surface area contributed by atoms with Crippen molar-refractivity contribution in [3.8, 4) is 11.1 Å². The molecule has 2 aromatic rings. The standard InChI is InChI=1S/C16H17NO3S/c1-21(20)15-5-3-2-4-13(15)12-8-6-11(7-9-12)10-14(17)16(18)19/h2-9,14H,10,17H2,1H3,(H,18,19)/t14-,21?/m0/s1. The lowest BCUT2D eigenvalue weighted by Crippen LogP contribution is -2.32. The topological polar surface area (TPSA) is 80.4 Å². The lowest BCUT2D eigenvalue weighted by atomic mass is 10.0. The normalized spacial score (nSPS) is 13.6. The van der Waals surface area contributed by atoms with Crippen LogP contribution in [0.15, 0.2) is 53.4 Å². The predicted molar refractivity (Wildman–Crippen MR) is 83.5 cm³/mol. The lowest BCUT2D eigenvalue weighted by molar-refractivity contribution is -0.138. The van der Waals surface area contributed by atoms with Crippen molar-refractivity contribution < 1.29 is 14.1 Å². The van der Waals surface area contributed by atoms with E-state index < -0.39 is 22.8 Å². The largest absolute Gasteiger partial charge is 0.480 e. The van der Waals surface area contributed by atoms with Crippen molar-refractivity contribution in [1.82, 2.24) is 0 Å². The van der Waals surface area contributed by atoms with E-state index in [0.29, 0.717) is 0 Å². The Morgan fingerprint density at radius 1 is 1.19 bits per heavy atom. The first kappa shape index (κ1) is 15.4. The van der Waals surface area contributed by atoms with E-state index in [1.807, 2.05) is 48.5 Å². The first-order valence-electron chi connectivity index (χ1n) is 6.49. The van der Waals surface area contributed by atoms with Gasteiger partial charge < -0.3 is 10.8 Å². The van der Waals surface area contributed by atoms with Gasteiger partial charge in [0, 0.05) is 11.2 Å². The van der Waals surface area contributed by atoms with Gasteiger partial charge in [0.05, 0.1) is 10.8 Å². The van der Waals surface area contributed by atoms with Crippen molar-refractivity contribution >= 4 is 16.8 Å². The minimum atomic E-state index is -1.06. The highest BCUT2D eigenvalue weighted by atomic mass is 32.2. The van der Waals surface area contributed by atoms with Crippen LogP contribution in [0, 0.1) is 0 Å². The molecule has 2 rings (SSSR count). The Morgan fingerprint density at radius 2 is 1.81 bits per heavy atom. The fraction of sp³-hybridized carbons (Fsp3) is 0.188. The molecule has 0 saturated heterocycles. The molecule has 0 radical (unpaired) electrons. The van der Waals surface area contributed by atoms with Gasteiger partial charge in [-0.1, -0.05) is 42.5 Å². The molecule has 2 aromatic carbocycles. The zero-order valence-electron chi connectivity index (χ0n) is 11.7. The molecule has 5 heteroatoms. The molecule has 0 aromatic heterocycles. The third-order valence-corrected chi connectivity index (χ3v) is 4.21. The second kappa shape index (κ2) is 6.65. The van der Waals surface area contributed by atoms with Gasteiger partial charge >= 0.3 is 5.97 Å². The zero-order chi connectivity index (χ0) is 15.4. The van der Waals surface area contributed by atoms with Gasteiger partial charge in [0.25, 0.3) is 0 Å². The van der Waals surface area contributed by atoms with Crippen LogP contribution in [0.1, 0.15) is 5.56 Å². The van der Waals surface area contributed by atoms with Crippen LogP contribution in [-0.2, 0) is 22.0 Å². The van der Waals surface area contributed by atoms with Crippen molar-refractivity contribution in [2.24, 2.45) is 5.73 Å². The van der Waals surface area contributed by atoms with Crippen molar-refractivity contribution in [2.75, 3.05) is 6.26 Å². The quantitative estimate of drug-likeness (QED) is 0.886. The Morgan fingerprint density at radius 3 is 2.38 bits per heavy atom. The molecule has 2 atom stereocenters. The Balaban J connectivity index is 2.27. The summed E-state index contributed by atoms with van der Waals surface area (Å²) in [6, 6.07) is 14.1. The maximum absolute atomic E-state index is 11.8. The van der Waals surface area contributed by atoms with E-state index in [2.05, 4.69) is 0 Å². The third-order valence-electron chi connectivity index (χ3n) is 3.23. The fourth-order valence-electron chi connectivity index (χ4n) is 2.12. The van der Waals surface area contributed by atoms with Crippen LogP contribution in [-0.4, -0.2) is 27.6 Å². The van der Waals surface area contributed by atoms with Gasteiger partial charge in [-0.25, -0.2) is 0 Å². The van der Waals surface area contributed by atoms with E-state index in [1.54, 1.807) is 6.26 Å². The molecule has 1 unspecified atom stereocenters. The average Bonchev–Trinajstić information content (AvgIpc) is 2.48. The van der Waals surface area contributed by atoms with Crippen LogP contribution in [0.3, 0.4) is 0 Å². The van der Waals surface area contributed by atoms with Gasteiger partial charge in [-0.15, -0.1) is 0 Å². The smallest absolute Gasteiger partial charge is 0.320 e. The molecule has 0 aliphatic heterocycles. The summed E-state index contributed by atoms with van der Waals surface area (Å²) in [5, 5.41) is 8.81. The molecule has 3 N–H and O–H groups in total. The number of hydrogen-bond donors (Lipinski definition) is 2. The molecule has 0 aliphatic rings. The number of benzene rings is 2. The van der Waals surface area contributed by atoms with Gasteiger partial charge in [0.15, 0.2) is 0 Å². The maximum atomic E-state index is 11.8. The van der Waals surface area contributed by atoms with Gasteiger partial charge in [-0.3, -0.25) is 9.00 Å². The fourth-order valence-corrected chi connectivity index (χ4v) is 2.88. The van der Waals surface area contributed by atoms with Gasteiger partial charge in [0.1, 0.15) is 6.04 Å². The van der Waals surface area contributed by atoms with Crippen LogP contribution in [0.25, 0.3) is 11.1 Å². The summed E-state index contributed by atoms with van der Waals surface area (Å²) in [4.78, 5) is 11.5. The Bertz CT molecular complexity index is 667. The molecule has 0 amide bonds. The summed E-state index contributed by atoms with van der Waals surface area (Å²) in [6.45, 7) is 0. The van der Waals surface area contributed by atoms with Gasteiger partial charge in [-0.2, -0.15) is 0 Å². The van der Waals surface area contributed by atoms with Crippen molar-refractivity contribution in [1.29, 1.82) is 0 Å². The molecule has 0 fully saturated rings. The Kier molecular flexibility index (Phi) is 4.88. The highest BCUT2D eigenvalue weighted by Crippen LogP contribution is 2.26. The van der Waals surface area contributed by atoms with Crippen LogP contribution < -0.4 is 5.73 Å². The first-order valence-corrected chi connectivity index (χ1v) is 8.05. The van der Waals surface area contributed by atoms with E-state index in [-0.39, 0.29) is 6.42 Å². The van der Waals surface area contributed by atoms with Crippen molar-refractivity contribution in [2.45, 2.75) is 17.4 Å². The summed E-state index contributed by atoms with van der Waals surface area (Å²) in [5.74, 6) is -1.01. The predicted octanol–water partition coefficient (Wildman–Crippen LogP) is 2.05. The molecule has 0 spiro atoms. The average molecular weight is 303 g/mol. The Hall–Kier alpha value is -1.98. The number of hydrogen-bond acceptors (Lipinski definition) is 3.